The van der Waals surface area contributed by atoms with E-state index in [1.54, 1.807) is 26.6 Å². The summed E-state index contributed by atoms with van der Waals surface area (Å²) in [4.78, 5) is 19.7. The number of carbonyl (C=O) groups is 1. The number of benzene rings is 2. The van der Waals surface area contributed by atoms with Gasteiger partial charge in [0.25, 0.3) is 5.91 Å². The molecule has 0 spiro atoms. The first-order chi connectivity index (χ1) is 17.1. The fraction of sp³-hybridized carbons (Fsp3) is 0.222. The molecule has 1 atom stereocenters. The summed E-state index contributed by atoms with van der Waals surface area (Å²) in [6.07, 6.45) is 3.50. The number of aromatic nitrogens is 3. The van der Waals surface area contributed by atoms with Gasteiger partial charge in [0.15, 0.2) is 11.5 Å². The number of H-pyrrole nitrogens is 1. The molecule has 1 unspecified atom stereocenters. The second-order valence-corrected chi connectivity index (χ2v) is 8.13. The highest BCUT2D eigenvalue weighted by Gasteiger charge is 2.42. The van der Waals surface area contributed by atoms with E-state index in [9.17, 15) is 4.79 Å². The summed E-state index contributed by atoms with van der Waals surface area (Å²) >= 11 is 0. The van der Waals surface area contributed by atoms with Crippen LogP contribution in [0.2, 0.25) is 0 Å². The van der Waals surface area contributed by atoms with Crippen molar-refractivity contribution >= 4 is 5.91 Å². The highest BCUT2D eigenvalue weighted by atomic mass is 16.5. The second kappa shape index (κ2) is 9.50. The fourth-order valence-electron chi connectivity index (χ4n) is 4.49. The van der Waals surface area contributed by atoms with Crippen LogP contribution in [0.4, 0.5) is 0 Å². The Bertz CT molecular complexity index is 1340. The number of ether oxygens (including phenoxy) is 3. The summed E-state index contributed by atoms with van der Waals surface area (Å²) in [5.74, 6) is 1.91. The number of pyridine rings is 1. The van der Waals surface area contributed by atoms with Crippen molar-refractivity contribution in [1.82, 2.24) is 20.1 Å². The highest BCUT2D eigenvalue weighted by Crippen LogP contribution is 2.45. The van der Waals surface area contributed by atoms with E-state index in [0.717, 1.165) is 33.7 Å². The van der Waals surface area contributed by atoms with Crippen LogP contribution in [0.15, 0.2) is 67.0 Å². The Morgan fingerprint density at radius 1 is 1.03 bits per heavy atom. The lowest BCUT2D eigenvalue weighted by Gasteiger charge is -2.27. The van der Waals surface area contributed by atoms with E-state index in [4.69, 9.17) is 14.2 Å². The third-order valence-corrected chi connectivity index (χ3v) is 6.11. The molecule has 4 aromatic rings. The summed E-state index contributed by atoms with van der Waals surface area (Å²) in [7, 11) is 3.24. The third-order valence-electron chi connectivity index (χ3n) is 6.11. The first-order valence-corrected chi connectivity index (χ1v) is 11.4. The van der Waals surface area contributed by atoms with Crippen LogP contribution in [-0.2, 0) is 6.54 Å². The normalized spacial score (nSPS) is 14.7. The molecule has 2 aromatic carbocycles. The van der Waals surface area contributed by atoms with Crippen molar-refractivity contribution in [3.63, 3.8) is 0 Å². The Labute approximate surface area is 203 Å². The van der Waals surface area contributed by atoms with Gasteiger partial charge in [-0.25, -0.2) is 0 Å². The number of nitrogens with one attached hydrogen (secondary N) is 1. The van der Waals surface area contributed by atoms with Crippen LogP contribution >= 0.6 is 0 Å². The number of nitrogens with zero attached hydrogens (tertiary/aromatic N) is 3. The Morgan fingerprint density at radius 3 is 2.54 bits per heavy atom. The summed E-state index contributed by atoms with van der Waals surface area (Å²) < 4.78 is 16.6. The molecule has 1 N–H and O–H groups in total. The molecular weight excluding hydrogens is 444 g/mol. The van der Waals surface area contributed by atoms with Gasteiger partial charge in [0.1, 0.15) is 11.4 Å². The molecule has 0 saturated carbocycles. The minimum atomic E-state index is -0.377. The molecular formula is C27H26N4O4. The van der Waals surface area contributed by atoms with E-state index in [-0.39, 0.29) is 11.9 Å². The summed E-state index contributed by atoms with van der Waals surface area (Å²) in [5.41, 5.74) is 4.77. The Kier molecular flexibility index (Phi) is 6.10. The lowest BCUT2D eigenvalue weighted by atomic mass is 9.95. The lowest BCUT2D eigenvalue weighted by Crippen LogP contribution is -2.29. The largest absolute Gasteiger partial charge is 0.497 e. The number of aromatic amines is 1. The Morgan fingerprint density at radius 2 is 1.86 bits per heavy atom. The summed E-state index contributed by atoms with van der Waals surface area (Å²) in [5, 5.41) is 7.53. The maximum atomic E-state index is 13.6. The number of carbonyl (C=O) groups excluding carboxylic acids is 1. The Hall–Kier alpha value is -4.33. The number of rotatable bonds is 8. The zero-order valence-electron chi connectivity index (χ0n) is 19.8. The molecule has 3 heterocycles. The van der Waals surface area contributed by atoms with Crippen LogP contribution in [0.5, 0.6) is 17.2 Å². The molecule has 0 aliphatic carbocycles. The zero-order valence-corrected chi connectivity index (χ0v) is 19.8. The predicted molar refractivity (Wildman–Crippen MR) is 131 cm³/mol. The molecule has 0 fully saturated rings. The van der Waals surface area contributed by atoms with Gasteiger partial charge in [0.05, 0.1) is 32.6 Å². The maximum Gasteiger partial charge on any atom is 0.273 e. The van der Waals surface area contributed by atoms with Gasteiger partial charge in [0, 0.05) is 30.1 Å². The quantitative estimate of drug-likeness (QED) is 0.404. The van der Waals surface area contributed by atoms with Crippen molar-refractivity contribution in [1.29, 1.82) is 0 Å². The van der Waals surface area contributed by atoms with Crippen molar-refractivity contribution in [2.75, 3.05) is 20.8 Å². The van der Waals surface area contributed by atoms with Gasteiger partial charge >= 0.3 is 0 Å². The number of methoxy groups -OCH3 is 2. The topological polar surface area (TPSA) is 89.6 Å². The van der Waals surface area contributed by atoms with Crippen LogP contribution in [0.3, 0.4) is 0 Å². The molecule has 5 rings (SSSR count). The number of fused-ring (bicyclic) bond motifs is 1. The highest BCUT2D eigenvalue weighted by molar-refractivity contribution is 6.00. The van der Waals surface area contributed by atoms with Crippen molar-refractivity contribution < 1.29 is 19.0 Å². The summed E-state index contributed by atoms with van der Waals surface area (Å²) in [6.45, 7) is 2.85. The lowest BCUT2D eigenvalue weighted by molar-refractivity contribution is 0.0729. The molecule has 0 bridgehead atoms. The molecule has 178 valence electrons. The van der Waals surface area contributed by atoms with Gasteiger partial charge in [-0.3, -0.25) is 14.9 Å². The Balaban J connectivity index is 1.64. The second-order valence-electron chi connectivity index (χ2n) is 8.13. The van der Waals surface area contributed by atoms with Gasteiger partial charge in [-0.2, -0.15) is 5.10 Å². The minimum Gasteiger partial charge on any atom is -0.497 e. The first-order valence-electron chi connectivity index (χ1n) is 11.4. The van der Waals surface area contributed by atoms with Crippen molar-refractivity contribution in [2.24, 2.45) is 0 Å². The third kappa shape index (κ3) is 4.07. The number of amides is 1. The molecule has 1 amide bonds. The predicted octanol–water partition coefficient (Wildman–Crippen LogP) is 4.63. The van der Waals surface area contributed by atoms with E-state index < -0.39 is 0 Å². The molecule has 1 aliphatic rings. The number of hydrogen-bond donors (Lipinski definition) is 1. The van der Waals surface area contributed by atoms with Crippen LogP contribution in [0.1, 0.15) is 40.1 Å². The van der Waals surface area contributed by atoms with E-state index >= 15 is 0 Å². The van der Waals surface area contributed by atoms with E-state index in [2.05, 4.69) is 15.2 Å². The van der Waals surface area contributed by atoms with Crippen LogP contribution in [-0.4, -0.2) is 46.8 Å². The molecule has 8 heteroatoms. The number of hydrogen-bond acceptors (Lipinski definition) is 6. The van der Waals surface area contributed by atoms with Crippen LogP contribution < -0.4 is 14.2 Å². The molecule has 0 saturated heterocycles. The molecule has 8 nitrogen and oxygen atoms in total. The van der Waals surface area contributed by atoms with Gasteiger partial charge in [-0.1, -0.05) is 12.1 Å². The SMILES string of the molecule is CCOc1ccc(C2c3c(-c4ccc(OC)cc4)n[nH]c3C(=O)N2Cc2cccnc2)cc1OC. The van der Waals surface area contributed by atoms with Crippen LogP contribution in [0.25, 0.3) is 11.3 Å². The van der Waals surface area contributed by atoms with Crippen molar-refractivity contribution in [3.05, 3.63) is 89.4 Å². The standard InChI is InChI=1S/C27H26N4O4/c1-4-35-21-12-9-19(14-22(21)34-3)26-23-24(18-7-10-20(33-2)11-8-18)29-30-25(23)27(32)31(26)16-17-6-5-13-28-15-17/h5-15,26H,4,16H2,1-3H3,(H,29,30). The first kappa shape index (κ1) is 22.5. The van der Waals surface area contributed by atoms with E-state index in [1.807, 2.05) is 66.4 Å². The van der Waals surface area contributed by atoms with Gasteiger partial charge in [0.2, 0.25) is 0 Å². The smallest absolute Gasteiger partial charge is 0.273 e. The summed E-state index contributed by atoms with van der Waals surface area (Å²) in [6, 6.07) is 16.9. The van der Waals surface area contributed by atoms with Crippen LogP contribution in [0, 0.1) is 0 Å². The molecule has 0 radical (unpaired) electrons. The average Bonchev–Trinajstić information content (AvgIpc) is 3.44. The van der Waals surface area contributed by atoms with E-state index in [1.165, 1.54) is 0 Å². The van der Waals surface area contributed by atoms with Gasteiger partial charge in [-0.05, 0) is 60.5 Å². The molecule has 35 heavy (non-hydrogen) atoms. The average molecular weight is 471 g/mol. The maximum absolute atomic E-state index is 13.6. The minimum absolute atomic E-state index is 0.117. The fourth-order valence-corrected chi connectivity index (χ4v) is 4.49. The zero-order chi connectivity index (χ0) is 24.4. The van der Waals surface area contributed by atoms with Gasteiger partial charge in [-0.15, -0.1) is 0 Å². The molecule has 1 aliphatic heterocycles. The van der Waals surface area contributed by atoms with Crippen molar-refractivity contribution in [2.45, 2.75) is 19.5 Å². The van der Waals surface area contributed by atoms with Crippen molar-refractivity contribution in [3.8, 4) is 28.5 Å². The van der Waals surface area contributed by atoms with E-state index in [0.29, 0.717) is 30.3 Å². The monoisotopic (exact) mass is 470 g/mol. The van der Waals surface area contributed by atoms with Gasteiger partial charge < -0.3 is 19.1 Å². The molecule has 2 aromatic heterocycles.